The van der Waals surface area contributed by atoms with E-state index in [4.69, 9.17) is 10.0 Å². The van der Waals surface area contributed by atoms with Crippen LogP contribution in [-0.4, -0.2) is 54.1 Å². The maximum atomic E-state index is 9.18. The van der Waals surface area contributed by atoms with E-state index in [1.165, 1.54) is 0 Å². The molecule has 0 radical (unpaired) electrons. The van der Waals surface area contributed by atoms with Crippen LogP contribution in [0.25, 0.3) is 0 Å². The van der Waals surface area contributed by atoms with Crippen LogP contribution in [0.1, 0.15) is 0 Å². The Labute approximate surface area is 115 Å². The molecule has 0 aromatic rings. The van der Waals surface area contributed by atoms with Gasteiger partial charge in [-0.25, -0.2) is 0 Å². The molecule has 2 saturated heterocycles. The van der Waals surface area contributed by atoms with E-state index in [1.807, 2.05) is 0 Å². The molecule has 0 atom stereocenters. The minimum atomic E-state index is -3.45. The number of hydrogen-bond donors (Lipinski definition) is 7. The summed E-state index contributed by atoms with van der Waals surface area (Å²) >= 11 is 0. The summed E-state index contributed by atoms with van der Waals surface area (Å²) < 4.78 is 21.1. The molecule has 18 heavy (non-hydrogen) atoms. The molecular weight excluding hydrogens is 311 g/mol. The molecule has 0 unspecified atom stereocenters. The van der Waals surface area contributed by atoms with Gasteiger partial charge in [-0.2, -0.15) is 0 Å². The molecule has 2 heterocycles. The molecule has 13 nitrogen and oxygen atoms in total. The summed E-state index contributed by atoms with van der Waals surface area (Å²) in [5.41, 5.74) is 0. The van der Waals surface area contributed by atoms with Crippen molar-refractivity contribution in [3.8, 4) is 0 Å². The molecule has 2 rings (SSSR count). The summed E-state index contributed by atoms with van der Waals surface area (Å²) in [6, 6.07) is 0. The normalized spacial score (nSPS) is 32.7. The summed E-state index contributed by atoms with van der Waals surface area (Å²) in [4.78, 5) is 0. The fourth-order valence-electron chi connectivity index (χ4n) is 1.06. The predicted molar refractivity (Wildman–Crippen MR) is 56.0 cm³/mol. The van der Waals surface area contributed by atoms with Crippen LogP contribution in [0, 0.1) is 0 Å². The first-order chi connectivity index (χ1) is 5.91. The van der Waals surface area contributed by atoms with Crippen LogP contribution in [0.3, 0.4) is 0 Å². The van der Waals surface area contributed by atoms with Gasteiger partial charge in [-0.05, 0) is 0 Å². The Hall–Kier alpha value is 0.363. The van der Waals surface area contributed by atoms with Crippen molar-refractivity contribution in [2.75, 3.05) is 0 Å². The molecule has 2 aliphatic rings. The Bertz CT molecular complexity index is 199. The number of fused-ring (bicyclic) bond motifs is 2. The monoisotopic (exact) mass is 325 g/mol. The topological polar surface area (TPSA) is 264 Å². The molecule has 18 heteroatoms. The van der Waals surface area contributed by atoms with Crippen molar-refractivity contribution in [3.63, 3.8) is 0 Å². The van der Waals surface area contributed by atoms with E-state index >= 15 is 0 Å². The second kappa shape index (κ2) is 8.52. The van der Waals surface area contributed by atoms with Gasteiger partial charge in [0.2, 0.25) is 0 Å². The molecule has 104 valence electrons. The molecular formula is H15B4N3O10Zn. The van der Waals surface area contributed by atoms with Gasteiger partial charge >= 0.3 is 48.0 Å². The second-order valence-electron chi connectivity index (χ2n) is 2.50. The van der Waals surface area contributed by atoms with Gasteiger partial charge in [-0.15, -0.1) is 0 Å². The molecule has 0 spiro atoms. The van der Waals surface area contributed by atoms with E-state index in [0.29, 0.717) is 0 Å². The van der Waals surface area contributed by atoms with Crippen LogP contribution in [0.5, 0.6) is 0 Å². The number of hydrogen-bond acceptors (Lipinski definition) is 12. The first-order valence-electron chi connectivity index (χ1n) is 3.39. The molecule has 0 aromatic carbocycles. The molecule has 2 fully saturated rings. The first kappa shape index (κ1) is 26.8. The van der Waals surface area contributed by atoms with Crippen molar-refractivity contribution in [2.24, 2.45) is 0 Å². The first-order valence-corrected chi connectivity index (χ1v) is 3.39. The van der Waals surface area contributed by atoms with Gasteiger partial charge in [-0.3, -0.25) is 0 Å². The third-order valence-electron chi connectivity index (χ3n) is 1.50. The van der Waals surface area contributed by atoms with Crippen LogP contribution in [0.2, 0.25) is 0 Å². The fourth-order valence-corrected chi connectivity index (χ4v) is 1.06. The second-order valence-corrected chi connectivity index (χ2v) is 2.50. The van der Waals surface area contributed by atoms with E-state index < -0.39 is 28.6 Å². The van der Waals surface area contributed by atoms with Gasteiger partial charge in [0.15, 0.2) is 0 Å². The average Bonchev–Trinajstić information content (AvgIpc) is 1.75. The molecule has 2 bridgehead atoms. The van der Waals surface area contributed by atoms with Crippen molar-refractivity contribution in [2.45, 2.75) is 0 Å². The van der Waals surface area contributed by atoms with Crippen LogP contribution in [0.4, 0.5) is 0 Å². The molecule has 0 aromatic heterocycles. The minimum absolute atomic E-state index is 0. The summed E-state index contributed by atoms with van der Waals surface area (Å²) in [6.07, 6.45) is 0. The predicted octanol–water partition coefficient (Wildman–Crippen LogP) is -4.43. The Balaban J connectivity index is -0.000000196. The van der Waals surface area contributed by atoms with Gasteiger partial charge in [-0.1, -0.05) is 0 Å². The van der Waals surface area contributed by atoms with E-state index in [1.54, 1.807) is 0 Å². The summed E-state index contributed by atoms with van der Waals surface area (Å²) in [6.45, 7) is -6.90. The zero-order valence-electron chi connectivity index (χ0n) is 9.47. The summed E-state index contributed by atoms with van der Waals surface area (Å²) in [5.74, 6) is 0. The standard InChI is InChI=1S/B4H4O9.3H3N.H2O.Zn/c5-1-9-3(7)11-2(6)12-4(8,10-1)13-3;;;;;/h5-8H;3*1H3;1H2;/q-2;;;;;+2. The van der Waals surface area contributed by atoms with Gasteiger partial charge in [0.1, 0.15) is 0 Å². The molecule has 0 saturated carbocycles. The Kier molecular flexibility index (Phi) is 12.7. The molecule has 2 aliphatic heterocycles. The zero-order chi connectivity index (χ0) is 9.69. The van der Waals surface area contributed by atoms with Crippen molar-refractivity contribution in [3.05, 3.63) is 0 Å². The van der Waals surface area contributed by atoms with E-state index in [0.717, 1.165) is 0 Å². The fraction of sp³-hybridized carbons (Fsp3) is 0. The van der Waals surface area contributed by atoms with E-state index in [9.17, 15) is 10.0 Å². The Morgan fingerprint density at radius 1 is 0.722 bits per heavy atom. The van der Waals surface area contributed by atoms with Crippen LogP contribution in [0.15, 0.2) is 0 Å². The van der Waals surface area contributed by atoms with Crippen molar-refractivity contribution in [1.29, 1.82) is 0 Å². The van der Waals surface area contributed by atoms with E-state index in [2.05, 4.69) is 22.9 Å². The van der Waals surface area contributed by atoms with Gasteiger partial charge in [0.05, 0.1) is 0 Å². The summed E-state index contributed by atoms with van der Waals surface area (Å²) in [5, 5.41) is 35.9. The van der Waals surface area contributed by atoms with Crippen LogP contribution >= 0.6 is 0 Å². The van der Waals surface area contributed by atoms with Gasteiger partial charge in [0, 0.05) is 0 Å². The maximum Gasteiger partial charge on any atom is 2.00 e. The van der Waals surface area contributed by atoms with E-state index in [-0.39, 0.29) is 43.4 Å². The van der Waals surface area contributed by atoms with Gasteiger partial charge < -0.3 is 66.9 Å². The van der Waals surface area contributed by atoms with Crippen LogP contribution < -0.4 is 18.5 Å². The van der Waals surface area contributed by atoms with Gasteiger partial charge in [0.25, 0.3) is 0 Å². The molecule has 0 amide bonds. The quantitative estimate of drug-likeness (QED) is 0.208. The Morgan fingerprint density at radius 3 is 1.17 bits per heavy atom. The SMILES string of the molecule is N.N.N.O.OB1O[B-]2(O)OB(O)O[B-](O)(O1)O2.[Zn+2]. The number of rotatable bonds is 0. The third-order valence-corrected chi connectivity index (χ3v) is 1.50. The van der Waals surface area contributed by atoms with Crippen molar-refractivity contribution in [1.82, 2.24) is 18.5 Å². The van der Waals surface area contributed by atoms with Crippen molar-refractivity contribution < 1.29 is 67.9 Å². The maximum absolute atomic E-state index is 9.18. The third kappa shape index (κ3) is 5.56. The molecule has 0 aliphatic carbocycles. The Morgan fingerprint density at radius 2 is 0.944 bits per heavy atom. The zero-order valence-corrected chi connectivity index (χ0v) is 12.4. The van der Waals surface area contributed by atoms with Crippen LogP contribution in [-0.2, 0) is 42.3 Å². The average molecular weight is 326 g/mol. The smallest absolute Gasteiger partial charge is 0.679 e. The molecule has 15 N–H and O–H groups in total. The minimum Gasteiger partial charge on any atom is -0.679 e. The summed E-state index contributed by atoms with van der Waals surface area (Å²) in [7, 11) is -3.92. The largest absolute Gasteiger partial charge is 2.00 e. The van der Waals surface area contributed by atoms with Crippen molar-refractivity contribution >= 4 is 28.6 Å².